The predicted octanol–water partition coefficient (Wildman–Crippen LogP) is 3.85. The second kappa shape index (κ2) is 5.11. The maximum atomic E-state index is 4.43. The molecule has 17 heavy (non-hydrogen) atoms. The number of imidazole rings is 1. The molecule has 3 nitrogen and oxygen atoms in total. The van der Waals surface area contributed by atoms with Crippen molar-refractivity contribution < 1.29 is 0 Å². The molecule has 1 aromatic heterocycles. The van der Waals surface area contributed by atoms with E-state index in [1.807, 2.05) is 6.20 Å². The van der Waals surface area contributed by atoms with Gasteiger partial charge in [0.2, 0.25) is 5.95 Å². The summed E-state index contributed by atoms with van der Waals surface area (Å²) < 4.78 is 2.33. The molecule has 0 aromatic carbocycles. The molecule has 0 amide bonds. The van der Waals surface area contributed by atoms with E-state index in [2.05, 4.69) is 41.8 Å². The van der Waals surface area contributed by atoms with Gasteiger partial charge in [-0.1, -0.05) is 33.6 Å². The highest BCUT2D eigenvalue weighted by Crippen LogP contribution is 2.31. The number of anilines is 1. The standard InChI is InChI=1S/C14H25N3/c1-14(2,3)8-9-15-13-16-10-11-17(13)12-6-4-5-7-12/h10-12H,4-9H2,1-3H3,(H,15,16). The molecule has 3 heteroatoms. The zero-order chi connectivity index (χ0) is 12.3. The highest BCUT2D eigenvalue weighted by Gasteiger charge is 2.19. The molecule has 1 aromatic rings. The van der Waals surface area contributed by atoms with Crippen molar-refractivity contribution in [2.75, 3.05) is 11.9 Å². The fourth-order valence-corrected chi connectivity index (χ4v) is 2.48. The highest BCUT2D eigenvalue weighted by atomic mass is 15.2. The summed E-state index contributed by atoms with van der Waals surface area (Å²) in [6.45, 7) is 7.83. The molecule has 1 fully saturated rings. The lowest BCUT2D eigenvalue weighted by Crippen LogP contribution is -2.16. The van der Waals surface area contributed by atoms with E-state index < -0.39 is 0 Å². The monoisotopic (exact) mass is 235 g/mol. The molecule has 0 saturated heterocycles. The van der Waals surface area contributed by atoms with Crippen molar-refractivity contribution in [3.05, 3.63) is 12.4 Å². The fourth-order valence-electron chi connectivity index (χ4n) is 2.48. The number of aromatic nitrogens is 2. The molecule has 2 rings (SSSR count). The SMILES string of the molecule is CC(C)(C)CCNc1nccn1C1CCCC1. The fraction of sp³-hybridized carbons (Fsp3) is 0.786. The average molecular weight is 235 g/mol. The third-order valence-corrected chi connectivity index (χ3v) is 3.54. The van der Waals surface area contributed by atoms with Crippen LogP contribution in [-0.4, -0.2) is 16.1 Å². The minimum atomic E-state index is 0.387. The molecule has 1 saturated carbocycles. The van der Waals surface area contributed by atoms with Crippen LogP contribution >= 0.6 is 0 Å². The van der Waals surface area contributed by atoms with Crippen LogP contribution in [0.5, 0.6) is 0 Å². The van der Waals surface area contributed by atoms with Gasteiger partial charge in [0.25, 0.3) is 0 Å². The van der Waals surface area contributed by atoms with E-state index >= 15 is 0 Å². The predicted molar refractivity (Wildman–Crippen MR) is 72.3 cm³/mol. The lowest BCUT2D eigenvalue weighted by atomic mass is 9.92. The van der Waals surface area contributed by atoms with Gasteiger partial charge < -0.3 is 9.88 Å². The van der Waals surface area contributed by atoms with Crippen molar-refractivity contribution in [1.82, 2.24) is 9.55 Å². The van der Waals surface area contributed by atoms with E-state index in [0.29, 0.717) is 11.5 Å². The van der Waals surface area contributed by atoms with Crippen LogP contribution in [0.15, 0.2) is 12.4 Å². The minimum absolute atomic E-state index is 0.387. The van der Waals surface area contributed by atoms with Gasteiger partial charge >= 0.3 is 0 Å². The summed E-state index contributed by atoms with van der Waals surface area (Å²) in [4.78, 5) is 4.43. The quantitative estimate of drug-likeness (QED) is 0.859. The Morgan fingerprint density at radius 3 is 2.71 bits per heavy atom. The third kappa shape index (κ3) is 3.48. The van der Waals surface area contributed by atoms with Gasteiger partial charge in [0.05, 0.1) is 0 Å². The average Bonchev–Trinajstić information content (AvgIpc) is 2.82. The van der Waals surface area contributed by atoms with Crippen LogP contribution in [0.2, 0.25) is 0 Å². The van der Waals surface area contributed by atoms with E-state index in [1.165, 1.54) is 32.1 Å². The lowest BCUT2D eigenvalue weighted by molar-refractivity contribution is 0.388. The summed E-state index contributed by atoms with van der Waals surface area (Å²) >= 11 is 0. The smallest absolute Gasteiger partial charge is 0.203 e. The largest absolute Gasteiger partial charge is 0.356 e. The summed E-state index contributed by atoms with van der Waals surface area (Å²) in [5, 5.41) is 3.48. The van der Waals surface area contributed by atoms with E-state index in [0.717, 1.165) is 12.5 Å². The Morgan fingerprint density at radius 2 is 2.06 bits per heavy atom. The maximum absolute atomic E-state index is 4.43. The number of hydrogen-bond acceptors (Lipinski definition) is 2. The van der Waals surface area contributed by atoms with E-state index in [-0.39, 0.29) is 0 Å². The van der Waals surface area contributed by atoms with Gasteiger partial charge in [0, 0.05) is 25.0 Å². The molecular weight excluding hydrogens is 210 g/mol. The molecule has 1 heterocycles. The molecule has 0 radical (unpaired) electrons. The van der Waals surface area contributed by atoms with Crippen molar-refractivity contribution in [1.29, 1.82) is 0 Å². The summed E-state index contributed by atoms with van der Waals surface area (Å²) in [5.41, 5.74) is 0.387. The molecule has 1 N–H and O–H groups in total. The Labute approximate surface area is 105 Å². The summed E-state index contributed by atoms with van der Waals surface area (Å²) in [6, 6.07) is 0.676. The minimum Gasteiger partial charge on any atom is -0.356 e. The van der Waals surface area contributed by atoms with Crippen molar-refractivity contribution in [2.45, 2.75) is 58.9 Å². The van der Waals surface area contributed by atoms with Gasteiger partial charge in [-0.2, -0.15) is 0 Å². The van der Waals surface area contributed by atoms with Crippen LogP contribution in [0.4, 0.5) is 5.95 Å². The molecular formula is C14H25N3. The third-order valence-electron chi connectivity index (χ3n) is 3.54. The Hall–Kier alpha value is -0.990. The summed E-state index contributed by atoms with van der Waals surface area (Å²) in [6.07, 6.45) is 10.6. The van der Waals surface area contributed by atoms with Crippen LogP contribution in [0.1, 0.15) is 58.9 Å². The molecule has 0 spiro atoms. The van der Waals surface area contributed by atoms with Crippen LogP contribution in [0.3, 0.4) is 0 Å². The molecule has 0 atom stereocenters. The molecule has 96 valence electrons. The van der Waals surface area contributed by atoms with Crippen LogP contribution < -0.4 is 5.32 Å². The Kier molecular flexibility index (Phi) is 3.75. The summed E-state index contributed by atoms with van der Waals surface area (Å²) in [7, 11) is 0. The Bertz CT molecular complexity index is 343. The topological polar surface area (TPSA) is 29.9 Å². The zero-order valence-electron chi connectivity index (χ0n) is 11.4. The Morgan fingerprint density at radius 1 is 1.35 bits per heavy atom. The maximum Gasteiger partial charge on any atom is 0.203 e. The zero-order valence-corrected chi connectivity index (χ0v) is 11.4. The number of nitrogens with one attached hydrogen (secondary N) is 1. The molecule has 0 unspecified atom stereocenters. The van der Waals surface area contributed by atoms with Crippen LogP contribution in [0, 0.1) is 5.41 Å². The first-order valence-corrected chi connectivity index (χ1v) is 6.83. The van der Waals surface area contributed by atoms with Crippen molar-refractivity contribution in [3.8, 4) is 0 Å². The molecule has 0 aliphatic heterocycles. The first kappa shape index (κ1) is 12.5. The van der Waals surface area contributed by atoms with Crippen LogP contribution in [0.25, 0.3) is 0 Å². The van der Waals surface area contributed by atoms with Gasteiger partial charge in [-0.15, -0.1) is 0 Å². The molecule has 1 aliphatic carbocycles. The number of nitrogens with zero attached hydrogens (tertiary/aromatic N) is 2. The second-order valence-electron chi connectivity index (χ2n) is 6.33. The highest BCUT2D eigenvalue weighted by molar-refractivity contribution is 5.26. The van der Waals surface area contributed by atoms with Gasteiger partial charge in [-0.25, -0.2) is 4.98 Å². The first-order chi connectivity index (χ1) is 8.06. The summed E-state index contributed by atoms with van der Waals surface area (Å²) in [5.74, 6) is 1.06. The first-order valence-electron chi connectivity index (χ1n) is 6.83. The molecule has 0 bridgehead atoms. The van der Waals surface area contributed by atoms with Gasteiger partial charge in [-0.05, 0) is 24.7 Å². The van der Waals surface area contributed by atoms with Gasteiger partial charge in [0.1, 0.15) is 0 Å². The van der Waals surface area contributed by atoms with Gasteiger partial charge in [-0.3, -0.25) is 0 Å². The Balaban J connectivity index is 1.90. The van der Waals surface area contributed by atoms with E-state index in [9.17, 15) is 0 Å². The van der Waals surface area contributed by atoms with E-state index in [1.54, 1.807) is 0 Å². The molecule has 1 aliphatic rings. The van der Waals surface area contributed by atoms with Gasteiger partial charge in [0.15, 0.2) is 0 Å². The second-order valence-corrected chi connectivity index (χ2v) is 6.33. The van der Waals surface area contributed by atoms with Crippen LogP contribution in [-0.2, 0) is 0 Å². The number of rotatable bonds is 4. The van der Waals surface area contributed by atoms with E-state index in [4.69, 9.17) is 0 Å². The van der Waals surface area contributed by atoms with Crippen molar-refractivity contribution in [2.24, 2.45) is 5.41 Å². The van der Waals surface area contributed by atoms with Crippen molar-refractivity contribution >= 4 is 5.95 Å². The lowest BCUT2D eigenvalue weighted by Gasteiger charge is -2.20. The van der Waals surface area contributed by atoms with Crippen molar-refractivity contribution in [3.63, 3.8) is 0 Å². The number of hydrogen-bond donors (Lipinski definition) is 1. The normalized spacial score (nSPS) is 17.6.